The molecule has 3 amide bonds. The number of hydrogen-bond donors (Lipinski definition) is 2. The van der Waals surface area contributed by atoms with Gasteiger partial charge >= 0.3 is 0 Å². The van der Waals surface area contributed by atoms with Crippen LogP contribution < -0.4 is 10.2 Å². The van der Waals surface area contributed by atoms with E-state index in [0.29, 0.717) is 12.1 Å². The number of para-hydroxylation sites is 1. The zero-order chi connectivity index (χ0) is 19.2. The summed E-state index contributed by atoms with van der Waals surface area (Å²) in [5.41, 5.74) is 1.49. The Morgan fingerprint density at radius 2 is 1.70 bits per heavy atom. The van der Waals surface area contributed by atoms with Gasteiger partial charge in [0.25, 0.3) is 5.24 Å². The van der Waals surface area contributed by atoms with Crippen molar-refractivity contribution in [2.75, 3.05) is 11.5 Å². The standard InChI is InChI=1S/C20H20N2O4S/c23-13-15(11-14-7-3-1-4-8-14)21-18(24)12-17-19(25)22(20(26)27-17)16-9-5-2-6-10-16/h1-10,15,17,23H,11-13H2,(H,21,24)/t15-,17+/m1/s1. The van der Waals surface area contributed by atoms with Crippen molar-refractivity contribution in [3.8, 4) is 0 Å². The number of anilines is 1. The fraction of sp³-hybridized carbons (Fsp3) is 0.250. The highest BCUT2D eigenvalue weighted by atomic mass is 32.2. The summed E-state index contributed by atoms with van der Waals surface area (Å²) in [7, 11) is 0. The molecule has 0 saturated carbocycles. The largest absolute Gasteiger partial charge is 0.394 e. The predicted octanol–water partition coefficient (Wildman–Crippen LogP) is 2.36. The third-order valence-electron chi connectivity index (χ3n) is 4.22. The summed E-state index contributed by atoms with van der Waals surface area (Å²) in [5.74, 6) is -0.756. The van der Waals surface area contributed by atoms with Gasteiger partial charge in [0, 0.05) is 6.42 Å². The van der Waals surface area contributed by atoms with Gasteiger partial charge in [-0.15, -0.1) is 0 Å². The molecule has 0 aliphatic carbocycles. The molecule has 140 valence electrons. The predicted molar refractivity (Wildman–Crippen MR) is 104 cm³/mol. The monoisotopic (exact) mass is 384 g/mol. The third kappa shape index (κ3) is 4.75. The Hall–Kier alpha value is -2.64. The summed E-state index contributed by atoms with van der Waals surface area (Å²) in [6.07, 6.45) is 0.383. The van der Waals surface area contributed by atoms with Crippen molar-refractivity contribution >= 4 is 34.5 Å². The number of hydrogen-bond acceptors (Lipinski definition) is 5. The summed E-state index contributed by atoms with van der Waals surface area (Å²) in [4.78, 5) is 38.2. The molecular weight excluding hydrogens is 364 g/mol. The van der Waals surface area contributed by atoms with Gasteiger partial charge in [-0.05, 0) is 35.9 Å². The number of carbonyl (C=O) groups excluding carboxylic acids is 3. The average Bonchev–Trinajstić information content (AvgIpc) is 2.95. The van der Waals surface area contributed by atoms with Gasteiger partial charge in [-0.2, -0.15) is 0 Å². The number of thioether (sulfide) groups is 1. The van der Waals surface area contributed by atoms with Crippen LogP contribution in [-0.2, 0) is 16.0 Å². The Labute approximate surface area is 161 Å². The number of aliphatic hydroxyl groups excluding tert-OH is 1. The molecule has 1 aliphatic rings. The van der Waals surface area contributed by atoms with Crippen molar-refractivity contribution in [3.63, 3.8) is 0 Å². The number of aliphatic hydroxyl groups is 1. The van der Waals surface area contributed by atoms with Crippen LogP contribution >= 0.6 is 11.8 Å². The zero-order valence-electron chi connectivity index (χ0n) is 14.6. The van der Waals surface area contributed by atoms with Crippen LogP contribution in [0.3, 0.4) is 0 Å². The molecule has 0 spiro atoms. The number of imide groups is 1. The Balaban J connectivity index is 1.59. The van der Waals surface area contributed by atoms with Gasteiger partial charge in [-0.1, -0.05) is 48.5 Å². The lowest BCUT2D eigenvalue weighted by Crippen LogP contribution is -2.41. The van der Waals surface area contributed by atoms with Gasteiger partial charge in [0.05, 0.1) is 18.3 Å². The molecule has 3 rings (SSSR count). The number of benzene rings is 2. The first-order chi connectivity index (χ1) is 13.1. The van der Waals surface area contributed by atoms with Crippen LogP contribution in [0.1, 0.15) is 12.0 Å². The lowest BCUT2D eigenvalue weighted by Gasteiger charge is -2.17. The average molecular weight is 384 g/mol. The van der Waals surface area contributed by atoms with Gasteiger partial charge in [0.15, 0.2) is 0 Å². The van der Waals surface area contributed by atoms with Crippen LogP contribution in [-0.4, -0.2) is 40.1 Å². The van der Waals surface area contributed by atoms with Gasteiger partial charge in [0.1, 0.15) is 5.25 Å². The molecule has 2 atom stereocenters. The Morgan fingerprint density at radius 1 is 1.07 bits per heavy atom. The van der Waals surface area contributed by atoms with Crippen molar-refractivity contribution in [2.24, 2.45) is 0 Å². The topological polar surface area (TPSA) is 86.7 Å². The number of amides is 3. The summed E-state index contributed by atoms with van der Waals surface area (Å²) >= 11 is 0.858. The van der Waals surface area contributed by atoms with E-state index < -0.39 is 17.2 Å². The molecule has 0 bridgehead atoms. The minimum absolute atomic E-state index is 0.107. The van der Waals surface area contributed by atoms with Crippen molar-refractivity contribution < 1.29 is 19.5 Å². The molecular formula is C20H20N2O4S. The smallest absolute Gasteiger partial charge is 0.293 e. The summed E-state index contributed by atoms with van der Waals surface area (Å²) in [5, 5.41) is 11.1. The van der Waals surface area contributed by atoms with E-state index in [1.807, 2.05) is 30.3 Å². The fourth-order valence-corrected chi connectivity index (χ4v) is 3.90. The van der Waals surface area contributed by atoms with Crippen LogP contribution in [0.4, 0.5) is 10.5 Å². The molecule has 2 N–H and O–H groups in total. The quantitative estimate of drug-likeness (QED) is 0.765. The molecule has 6 nitrogen and oxygen atoms in total. The van der Waals surface area contributed by atoms with E-state index in [1.165, 1.54) is 0 Å². The lowest BCUT2D eigenvalue weighted by atomic mass is 10.1. The highest BCUT2D eigenvalue weighted by molar-refractivity contribution is 8.15. The minimum atomic E-state index is -0.756. The van der Waals surface area contributed by atoms with E-state index in [0.717, 1.165) is 22.2 Å². The first kappa shape index (κ1) is 19.1. The van der Waals surface area contributed by atoms with Crippen LogP contribution in [0.2, 0.25) is 0 Å². The molecule has 0 unspecified atom stereocenters. The maximum atomic E-state index is 12.6. The summed E-state index contributed by atoms with van der Waals surface area (Å²) in [6, 6.07) is 17.7. The van der Waals surface area contributed by atoms with Crippen molar-refractivity contribution in [2.45, 2.75) is 24.1 Å². The van der Waals surface area contributed by atoms with E-state index in [-0.39, 0.29) is 24.2 Å². The maximum Gasteiger partial charge on any atom is 0.293 e. The van der Waals surface area contributed by atoms with Gasteiger partial charge in [-0.3, -0.25) is 14.4 Å². The van der Waals surface area contributed by atoms with Gasteiger partial charge < -0.3 is 10.4 Å². The van der Waals surface area contributed by atoms with E-state index >= 15 is 0 Å². The third-order valence-corrected chi connectivity index (χ3v) is 5.25. The van der Waals surface area contributed by atoms with Crippen LogP contribution in [0, 0.1) is 0 Å². The molecule has 0 aromatic heterocycles. The SMILES string of the molecule is O=C(C[C@@H]1SC(=O)N(c2ccccc2)C1=O)N[C@@H](CO)Cc1ccccc1. The van der Waals surface area contributed by atoms with Crippen LogP contribution in [0.25, 0.3) is 0 Å². The van der Waals surface area contributed by atoms with Crippen molar-refractivity contribution in [1.29, 1.82) is 0 Å². The lowest BCUT2D eigenvalue weighted by molar-refractivity contribution is -0.125. The second-order valence-corrected chi connectivity index (χ2v) is 7.38. The molecule has 27 heavy (non-hydrogen) atoms. The number of nitrogens with one attached hydrogen (secondary N) is 1. The van der Waals surface area contributed by atoms with E-state index in [9.17, 15) is 19.5 Å². The highest BCUT2D eigenvalue weighted by Gasteiger charge is 2.41. The molecule has 7 heteroatoms. The van der Waals surface area contributed by atoms with Crippen LogP contribution in [0.5, 0.6) is 0 Å². The molecule has 1 saturated heterocycles. The maximum absolute atomic E-state index is 12.6. The zero-order valence-corrected chi connectivity index (χ0v) is 15.4. The molecule has 1 fully saturated rings. The Kier molecular flexibility index (Phi) is 6.26. The highest BCUT2D eigenvalue weighted by Crippen LogP contribution is 2.33. The second-order valence-electron chi connectivity index (χ2n) is 6.22. The van der Waals surface area contributed by atoms with E-state index in [4.69, 9.17) is 0 Å². The fourth-order valence-electron chi connectivity index (χ4n) is 2.91. The first-order valence-corrected chi connectivity index (χ1v) is 9.50. The Morgan fingerprint density at radius 3 is 2.33 bits per heavy atom. The molecule has 1 aliphatic heterocycles. The molecule has 2 aromatic carbocycles. The van der Waals surface area contributed by atoms with E-state index in [2.05, 4.69) is 5.32 Å². The van der Waals surface area contributed by atoms with Crippen LogP contribution in [0.15, 0.2) is 60.7 Å². The molecule has 2 aromatic rings. The second kappa shape index (κ2) is 8.83. The van der Waals surface area contributed by atoms with Crippen molar-refractivity contribution in [3.05, 3.63) is 66.2 Å². The first-order valence-electron chi connectivity index (χ1n) is 8.62. The number of nitrogens with zero attached hydrogens (tertiary/aromatic N) is 1. The summed E-state index contributed by atoms with van der Waals surface area (Å²) < 4.78 is 0. The number of rotatable bonds is 7. The van der Waals surface area contributed by atoms with Gasteiger partial charge in [-0.25, -0.2) is 4.90 Å². The normalized spacial score (nSPS) is 17.8. The van der Waals surface area contributed by atoms with Gasteiger partial charge in [0.2, 0.25) is 11.8 Å². The Bertz CT molecular complexity index is 813. The van der Waals surface area contributed by atoms with E-state index in [1.54, 1.807) is 30.3 Å². The minimum Gasteiger partial charge on any atom is -0.394 e. The molecule has 0 radical (unpaired) electrons. The molecule has 1 heterocycles. The van der Waals surface area contributed by atoms with Crippen molar-refractivity contribution in [1.82, 2.24) is 5.32 Å². The summed E-state index contributed by atoms with van der Waals surface area (Å²) in [6.45, 7) is -0.207. The number of carbonyl (C=O) groups is 3.